The SMILES string of the molecule is CN(C)C1CCN(Cc2ccc(-c3ccc4nccn4c3)cc2)C1. The highest BCUT2D eigenvalue weighted by Crippen LogP contribution is 2.22. The van der Waals surface area contributed by atoms with Gasteiger partial charge in [0.05, 0.1) is 0 Å². The molecule has 4 heteroatoms. The summed E-state index contributed by atoms with van der Waals surface area (Å²) in [5.74, 6) is 0. The van der Waals surface area contributed by atoms with Crippen molar-refractivity contribution in [3.05, 3.63) is 60.6 Å². The molecule has 3 heterocycles. The van der Waals surface area contributed by atoms with E-state index in [4.69, 9.17) is 0 Å². The lowest BCUT2D eigenvalue weighted by atomic mass is 10.1. The van der Waals surface area contributed by atoms with Crippen LogP contribution in [0.4, 0.5) is 0 Å². The molecule has 4 nitrogen and oxygen atoms in total. The molecule has 24 heavy (non-hydrogen) atoms. The molecule has 2 aromatic heterocycles. The highest BCUT2D eigenvalue weighted by Gasteiger charge is 2.23. The van der Waals surface area contributed by atoms with Gasteiger partial charge in [0.25, 0.3) is 0 Å². The fraction of sp³-hybridized carbons (Fsp3) is 0.350. The first-order chi connectivity index (χ1) is 11.7. The Hall–Kier alpha value is -2.17. The Labute approximate surface area is 143 Å². The summed E-state index contributed by atoms with van der Waals surface area (Å²) in [4.78, 5) is 9.19. The predicted molar refractivity (Wildman–Crippen MR) is 98.0 cm³/mol. The standard InChI is InChI=1S/C20H24N4/c1-22(2)19-9-11-23(15-19)13-16-3-5-17(6-4-16)18-7-8-20-21-10-12-24(20)14-18/h3-8,10,12,14,19H,9,11,13,15H2,1-2H3. The maximum absolute atomic E-state index is 4.30. The van der Waals surface area contributed by atoms with Crippen LogP contribution >= 0.6 is 0 Å². The van der Waals surface area contributed by atoms with Crippen LogP contribution in [0, 0.1) is 0 Å². The van der Waals surface area contributed by atoms with E-state index in [1.807, 2.05) is 12.4 Å². The van der Waals surface area contributed by atoms with E-state index in [-0.39, 0.29) is 0 Å². The van der Waals surface area contributed by atoms with Crippen molar-refractivity contribution in [2.24, 2.45) is 0 Å². The molecule has 1 atom stereocenters. The van der Waals surface area contributed by atoms with Crippen molar-refractivity contribution >= 4 is 5.65 Å². The highest BCUT2D eigenvalue weighted by atomic mass is 15.2. The van der Waals surface area contributed by atoms with Crippen molar-refractivity contribution in [2.75, 3.05) is 27.2 Å². The minimum Gasteiger partial charge on any atom is -0.306 e. The Morgan fingerprint density at radius 1 is 1.08 bits per heavy atom. The monoisotopic (exact) mass is 320 g/mol. The molecule has 1 fully saturated rings. The van der Waals surface area contributed by atoms with E-state index in [0.717, 1.165) is 12.2 Å². The lowest BCUT2D eigenvalue weighted by Gasteiger charge is -2.20. The molecule has 0 amide bonds. The highest BCUT2D eigenvalue weighted by molar-refractivity contribution is 5.64. The van der Waals surface area contributed by atoms with E-state index in [0.29, 0.717) is 6.04 Å². The number of fused-ring (bicyclic) bond motifs is 1. The summed E-state index contributed by atoms with van der Waals surface area (Å²) in [7, 11) is 4.36. The maximum atomic E-state index is 4.30. The van der Waals surface area contributed by atoms with Gasteiger partial charge in [-0.25, -0.2) is 4.98 Å². The summed E-state index contributed by atoms with van der Waals surface area (Å²) < 4.78 is 2.06. The fourth-order valence-corrected chi connectivity index (χ4v) is 3.53. The van der Waals surface area contributed by atoms with Crippen LogP contribution in [0.1, 0.15) is 12.0 Å². The molecule has 1 unspecified atom stereocenters. The number of likely N-dealkylation sites (tertiary alicyclic amines) is 1. The number of pyridine rings is 1. The largest absolute Gasteiger partial charge is 0.306 e. The molecular formula is C20H24N4. The zero-order valence-electron chi connectivity index (χ0n) is 14.4. The quantitative estimate of drug-likeness (QED) is 0.738. The number of nitrogens with zero attached hydrogens (tertiary/aromatic N) is 4. The van der Waals surface area contributed by atoms with Crippen molar-refractivity contribution in [1.29, 1.82) is 0 Å². The molecule has 1 aromatic carbocycles. The third-order valence-electron chi connectivity index (χ3n) is 5.06. The first-order valence-electron chi connectivity index (χ1n) is 8.60. The van der Waals surface area contributed by atoms with Crippen LogP contribution in [-0.2, 0) is 6.54 Å². The molecule has 1 aliphatic heterocycles. The second kappa shape index (κ2) is 6.38. The van der Waals surface area contributed by atoms with Gasteiger partial charge < -0.3 is 9.30 Å². The maximum Gasteiger partial charge on any atom is 0.136 e. The van der Waals surface area contributed by atoms with Crippen LogP contribution in [0.15, 0.2) is 55.0 Å². The third-order valence-corrected chi connectivity index (χ3v) is 5.06. The minimum atomic E-state index is 0.700. The van der Waals surface area contributed by atoms with Gasteiger partial charge in [-0.1, -0.05) is 24.3 Å². The van der Waals surface area contributed by atoms with Gasteiger partial charge in [-0.2, -0.15) is 0 Å². The first-order valence-corrected chi connectivity index (χ1v) is 8.60. The van der Waals surface area contributed by atoms with Crippen LogP contribution in [0.2, 0.25) is 0 Å². The molecular weight excluding hydrogens is 296 g/mol. The molecule has 0 saturated carbocycles. The fourth-order valence-electron chi connectivity index (χ4n) is 3.53. The average Bonchev–Trinajstić information content (AvgIpc) is 3.24. The average molecular weight is 320 g/mol. The summed E-state index contributed by atoms with van der Waals surface area (Å²) >= 11 is 0. The first kappa shape index (κ1) is 15.4. The van der Waals surface area contributed by atoms with Gasteiger partial charge in [-0.05, 0) is 49.3 Å². The van der Waals surface area contributed by atoms with E-state index < -0.39 is 0 Å². The van der Waals surface area contributed by atoms with Gasteiger partial charge in [0.15, 0.2) is 0 Å². The van der Waals surface area contributed by atoms with Crippen LogP contribution in [0.3, 0.4) is 0 Å². The number of hydrogen-bond donors (Lipinski definition) is 0. The van der Waals surface area contributed by atoms with Gasteiger partial charge in [-0.3, -0.25) is 4.90 Å². The zero-order chi connectivity index (χ0) is 16.5. The molecule has 1 saturated heterocycles. The number of hydrogen-bond acceptors (Lipinski definition) is 3. The molecule has 124 valence electrons. The summed E-state index contributed by atoms with van der Waals surface area (Å²) in [6, 6.07) is 13.9. The Bertz CT molecular complexity index is 819. The second-order valence-corrected chi connectivity index (χ2v) is 6.95. The summed E-state index contributed by atoms with van der Waals surface area (Å²) in [5, 5.41) is 0. The number of likely N-dealkylation sites (N-methyl/N-ethyl adjacent to an activating group) is 1. The van der Waals surface area contributed by atoms with E-state index in [1.54, 1.807) is 0 Å². The smallest absolute Gasteiger partial charge is 0.136 e. The third kappa shape index (κ3) is 3.07. The molecule has 0 spiro atoms. The summed E-state index contributed by atoms with van der Waals surface area (Å²) in [5.41, 5.74) is 4.85. The summed E-state index contributed by atoms with van der Waals surface area (Å²) in [6.45, 7) is 3.42. The number of aromatic nitrogens is 2. The van der Waals surface area contributed by atoms with Crippen molar-refractivity contribution in [3.8, 4) is 11.1 Å². The van der Waals surface area contributed by atoms with Crippen molar-refractivity contribution in [1.82, 2.24) is 19.2 Å². The normalized spacial score (nSPS) is 18.7. The van der Waals surface area contributed by atoms with Crippen molar-refractivity contribution in [2.45, 2.75) is 19.0 Å². The number of benzene rings is 1. The van der Waals surface area contributed by atoms with E-state index >= 15 is 0 Å². The Morgan fingerprint density at radius 2 is 1.88 bits per heavy atom. The van der Waals surface area contributed by atoms with Crippen molar-refractivity contribution in [3.63, 3.8) is 0 Å². The van der Waals surface area contributed by atoms with Crippen LogP contribution < -0.4 is 0 Å². The molecule has 0 bridgehead atoms. The Balaban J connectivity index is 1.46. The minimum absolute atomic E-state index is 0.700. The van der Waals surface area contributed by atoms with Gasteiger partial charge >= 0.3 is 0 Å². The summed E-state index contributed by atoms with van der Waals surface area (Å²) in [6.07, 6.45) is 7.23. The van der Waals surface area contributed by atoms with Gasteiger partial charge in [0.1, 0.15) is 5.65 Å². The Morgan fingerprint density at radius 3 is 2.62 bits per heavy atom. The van der Waals surface area contributed by atoms with E-state index in [9.17, 15) is 0 Å². The lowest BCUT2D eigenvalue weighted by Crippen LogP contribution is -2.31. The number of imidazole rings is 1. The topological polar surface area (TPSA) is 23.8 Å². The van der Waals surface area contributed by atoms with Crippen LogP contribution in [0.5, 0.6) is 0 Å². The zero-order valence-corrected chi connectivity index (χ0v) is 14.4. The molecule has 4 rings (SSSR count). The molecule has 3 aromatic rings. The van der Waals surface area contributed by atoms with Crippen LogP contribution in [-0.4, -0.2) is 52.4 Å². The second-order valence-electron chi connectivity index (χ2n) is 6.95. The molecule has 1 aliphatic rings. The molecule has 0 radical (unpaired) electrons. The van der Waals surface area contributed by atoms with E-state index in [1.165, 1.54) is 36.2 Å². The number of rotatable bonds is 4. The lowest BCUT2D eigenvalue weighted by molar-refractivity contribution is 0.264. The molecule has 0 N–H and O–H groups in total. The van der Waals surface area contributed by atoms with Crippen LogP contribution in [0.25, 0.3) is 16.8 Å². The van der Waals surface area contributed by atoms with Gasteiger partial charge in [0, 0.05) is 44.3 Å². The molecule has 0 aliphatic carbocycles. The predicted octanol–water partition coefficient (Wildman–Crippen LogP) is 3.14. The van der Waals surface area contributed by atoms with E-state index in [2.05, 4.69) is 75.9 Å². The van der Waals surface area contributed by atoms with Gasteiger partial charge in [0.2, 0.25) is 0 Å². The van der Waals surface area contributed by atoms with Gasteiger partial charge in [-0.15, -0.1) is 0 Å². The Kier molecular flexibility index (Phi) is 4.08. The van der Waals surface area contributed by atoms with Crippen molar-refractivity contribution < 1.29 is 0 Å².